The second-order valence-corrected chi connectivity index (χ2v) is 7.80. The van der Waals surface area contributed by atoms with Crippen molar-refractivity contribution in [2.75, 3.05) is 25.5 Å². The van der Waals surface area contributed by atoms with Crippen molar-refractivity contribution in [3.63, 3.8) is 0 Å². The maximum atomic E-state index is 12.9. The van der Waals surface area contributed by atoms with Gasteiger partial charge in [-0.05, 0) is 53.9 Å². The number of amides is 2. The van der Waals surface area contributed by atoms with E-state index in [9.17, 15) is 4.79 Å². The smallest absolute Gasteiger partial charge is 0.322 e. The van der Waals surface area contributed by atoms with Crippen LogP contribution in [0.3, 0.4) is 0 Å². The summed E-state index contributed by atoms with van der Waals surface area (Å²) in [5.74, 6) is 1.26. The summed E-state index contributed by atoms with van der Waals surface area (Å²) < 4.78 is 11.4. The summed E-state index contributed by atoms with van der Waals surface area (Å²) >= 11 is 6.01. The first kappa shape index (κ1) is 23.4. The van der Waals surface area contributed by atoms with Crippen LogP contribution in [0.15, 0.2) is 66.7 Å². The number of carbonyl (C=O) groups excluding carboxylic acids is 1. The molecule has 0 unspecified atom stereocenters. The van der Waals surface area contributed by atoms with Crippen molar-refractivity contribution in [3.8, 4) is 11.5 Å². The highest BCUT2D eigenvalue weighted by Gasteiger charge is 2.16. The van der Waals surface area contributed by atoms with Gasteiger partial charge < -0.3 is 25.4 Å². The lowest BCUT2D eigenvalue weighted by molar-refractivity contribution is 0.210. The van der Waals surface area contributed by atoms with E-state index in [0.717, 1.165) is 16.7 Å². The monoisotopic (exact) mass is 453 g/mol. The van der Waals surface area contributed by atoms with Gasteiger partial charge in [0.2, 0.25) is 0 Å². The molecule has 7 heteroatoms. The molecule has 0 bridgehead atoms. The Labute approximate surface area is 193 Å². The largest absolute Gasteiger partial charge is 0.493 e. The number of methoxy groups -OCH3 is 1. The van der Waals surface area contributed by atoms with E-state index in [1.54, 1.807) is 24.1 Å². The molecular formula is C25H28ClN3O3. The SMILES string of the molecule is COc1cc(CN(CCN)C(=O)Nc2ccc(Cl)cc2C)ccc1OCc1ccccc1. The van der Waals surface area contributed by atoms with E-state index in [1.165, 1.54) is 0 Å². The van der Waals surface area contributed by atoms with Crippen LogP contribution in [0.25, 0.3) is 0 Å². The molecule has 0 aromatic heterocycles. The third kappa shape index (κ3) is 6.39. The van der Waals surface area contributed by atoms with Gasteiger partial charge in [0, 0.05) is 30.3 Å². The highest BCUT2D eigenvalue weighted by atomic mass is 35.5. The van der Waals surface area contributed by atoms with Crippen LogP contribution >= 0.6 is 11.6 Å². The number of nitrogens with one attached hydrogen (secondary N) is 1. The molecule has 0 radical (unpaired) electrons. The Kier molecular flexibility index (Phi) is 8.36. The van der Waals surface area contributed by atoms with Gasteiger partial charge in [0.25, 0.3) is 0 Å². The van der Waals surface area contributed by atoms with Crippen molar-refractivity contribution in [1.82, 2.24) is 4.90 Å². The lowest BCUT2D eigenvalue weighted by atomic mass is 10.1. The zero-order chi connectivity index (χ0) is 22.9. The summed E-state index contributed by atoms with van der Waals surface area (Å²) in [5, 5.41) is 3.56. The molecule has 0 saturated carbocycles. The normalized spacial score (nSPS) is 10.5. The predicted octanol–water partition coefficient (Wildman–Crippen LogP) is 5.23. The number of ether oxygens (including phenoxy) is 2. The minimum absolute atomic E-state index is 0.232. The second kappa shape index (κ2) is 11.4. The number of benzene rings is 3. The first-order chi connectivity index (χ1) is 15.5. The van der Waals surface area contributed by atoms with Gasteiger partial charge in [-0.3, -0.25) is 0 Å². The molecule has 0 aliphatic rings. The summed E-state index contributed by atoms with van der Waals surface area (Å²) in [5.41, 5.74) is 9.33. The molecule has 3 aromatic rings. The zero-order valence-corrected chi connectivity index (χ0v) is 19.1. The fourth-order valence-electron chi connectivity index (χ4n) is 3.26. The molecule has 0 aliphatic heterocycles. The number of hydrogen-bond acceptors (Lipinski definition) is 4. The molecule has 32 heavy (non-hydrogen) atoms. The van der Waals surface area contributed by atoms with Gasteiger partial charge in [-0.2, -0.15) is 0 Å². The summed E-state index contributed by atoms with van der Waals surface area (Å²) in [6.45, 7) is 3.48. The van der Waals surface area contributed by atoms with Gasteiger partial charge >= 0.3 is 6.03 Å². The molecule has 2 amide bonds. The molecule has 0 heterocycles. The van der Waals surface area contributed by atoms with E-state index in [-0.39, 0.29) is 6.03 Å². The first-order valence-electron chi connectivity index (χ1n) is 10.4. The summed E-state index contributed by atoms with van der Waals surface area (Å²) in [7, 11) is 1.60. The van der Waals surface area contributed by atoms with Gasteiger partial charge in [0.05, 0.1) is 7.11 Å². The third-order valence-corrected chi connectivity index (χ3v) is 5.19. The van der Waals surface area contributed by atoms with Crippen LogP contribution in [-0.2, 0) is 13.2 Å². The molecule has 3 N–H and O–H groups in total. The van der Waals surface area contributed by atoms with Crippen LogP contribution in [0.1, 0.15) is 16.7 Å². The highest BCUT2D eigenvalue weighted by molar-refractivity contribution is 6.30. The van der Waals surface area contributed by atoms with Crippen molar-refractivity contribution in [2.45, 2.75) is 20.1 Å². The average Bonchev–Trinajstić information content (AvgIpc) is 2.80. The maximum absolute atomic E-state index is 12.9. The molecule has 0 spiro atoms. The fourth-order valence-corrected chi connectivity index (χ4v) is 3.48. The Morgan fingerprint density at radius 2 is 1.81 bits per heavy atom. The topological polar surface area (TPSA) is 76.8 Å². The van der Waals surface area contributed by atoms with Crippen molar-refractivity contribution in [1.29, 1.82) is 0 Å². The Balaban J connectivity index is 1.70. The van der Waals surface area contributed by atoms with Crippen molar-refractivity contribution < 1.29 is 14.3 Å². The Morgan fingerprint density at radius 3 is 2.50 bits per heavy atom. The van der Waals surface area contributed by atoms with Gasteiger partial charge in [0.1, 0.15) is 6.61 Å². The fraction of sp³-hybridized carbons (Fsp3) is 0.240. The molecule has 0 saturated heterocycles. The van der Waals surface area contributed by atoms with E-state index >= 15 is 0 Å². The van der Waals surface area contributed by atoms with Crippen molar-refractivity contribution >= 4 is 23.3 Å². The quantitative estimate of drug-likeness (QED) is 0.465. The van der Waals surface area contributed by atoms with Crippen LogP contribution in [-0.4, -0.2) is 31.1 Å². The van der Waals surface area contributed by atoms with Crippen molar-refractivity contribution in [2.24, 2.45) is 5.73 Å². The maximum Gasteiger partial charge on any atom is 0.322 e. The van der Waals surface area contributed by atoms with Gasteiger partial charge in [-0.15, -0.1) is 0 Å². The van der Waals surface area contributed by atoms with Crippen LogP contribution in [0.5, 0.6) is 11.5 Å². The second-order valence-electron chi connectivity index (χ2n) is 7.36. The van der Waals surface area contributed by atoms with Gasteiger partial charge in [-0.25, -0.2) is 4.79 Å². The van der Waals surface area contributed by atoms with E-state index in [1.807, 2.05) is 61.5 Å². The lowest BCUT2D eigenvalue weighted by Crippen LogP contribution is -2.38. The molecule has 0 atom stereocenters. The average molecular weight is 454 g/mol. The molecule has 168 valence electrons. The van der Waals surface area contributed by atoms with Crippen LogP contribution in [0.4, 0.5) is 10.5 Å². The number of carbonyl (C=O) groups is 1. The standard InChI is InChI=1S/C25H28ClN3O3/c1-18-14-21(26)9-10-22(18)28-25(30)29(13-12-27)16-20-8-11-23(24(15-20)31-2)32-17-19-6-4-3-5-7-19/h3-11,14-15H,12-13,16-17,27H2,1-2H3,(H,28,30). The van der Waals surface area contributed by atoms with E-state index in [0.29, 0.717) is 48.5 Å². The van der Waals surface area contributed by atoms with Gasteiger partial charge in [0.15, 0.2) is 11.5 Å². The minimum Gasteiger partial charge on any atom is -0.493 e. The minimum atomic E-state index is -0.232. The molecular weight excluding hydrogens is 426 g/mol. The number of rotatable bonds is 9. The first-order valence-corrected chi connectivity index (χ1v) is 10.7. The molecule has 3 aromatic carbocycles. The lowest BCUT2D eigenvalue weighted by Gasteiger charge is -2.23. The third-order valence-electron chi connectivity index (χ3n) is 4.95. The van der Waals surface area contributed by atoms with E-state index in [4.69, 9.17) is 26.8 Å². The number of anilines is 1. The Bertz CT molecular complexity index is 1040. The van der Waals surface area contributed by atoms with Gasteiger partial charge in [-0.1, -0.05) is 48.0 Å². The number of nitrogens with zero attached hydrogens (tertiary/aromatic N) is 1. The molecule has 0 fully saturated rings. The zero-order valence-electron chi connectivity index (χ0n) is 18.3. The Hall–Kier alpha value is -3.22. The number of urea groups is 1. The number of halogens is 1. The van der Waals surface area contributed by atoms with Crippen LogP contribution in [0.2, 0.25) is 5.02 Å². The van der Waals surface area contributed by atoms with Crippen LogP contribution in [0, 0.1) is 6.92 Å². The number of aryl methyl sites for hydroxylation is 1. The molecule has 0 aliphatic carbocycles. The van der Waals surface area contributed by atoms with Crippen LogP contribution < -0.4 is 20.5 Å². The summed E-state index contributed by atoms with van der Waals surface area (Å²) in [4.78, 5) is 14.6. The molecule has 6 nitrogen and oxygen atoms in total. The number of nitrogens with two attached hydrogens (primary N) is 1. The number of hydrogen-bond donors (Lipinski definition) is 2. The van der Waals surface area contributed by atoms with E-state index < -0.39 is 0 Å². The summed E-state index contributed by atoms with van der Waals surface area (Å²) in [6.07, 6.45) is 0. The summed E-state index contributed by atoms with van der Waals surface area (Å²) in [6, 6.07) is 20.7. The predicted molar refractivity (Wildman–Crippen MR) is 128 cm³/mol. The highest BCUT2D eigenvalue weighted by Crippen LogP contribution is 2.29. The van der Waals surface area contributed by atoms with E-state index in [2.05, 4.69) is 5.32 Å². The Morgan fingerprint density at radius 1 is 1.03 bits per heavy atom. The van der Waals surface area contributed by atoms with Crippen molar-refractivity contribution in [3.05, 3.63) is 88.4 Å². The molecule has 3 rings (SSSR count).